The first-order chi connectivity index (χ1) is 18.0. The Morgan fingerprint density at radius 3 is 2.15 bits per heavy atom. The molecule has 0 spiro atoms. The van der Waals surface area contributed by atoms with Gasteiger partial charge >= 0.3 is 20.8 Å². The molecule has 0 radical (unpaired) electrons. The van der Waals surface area contributed by atoms with Gasteiger partial charge in [0.25, 0.3) is 0 Å². The van der Waals surface area contributed by atoms with Gasteiger partial charge in [-0.15, -0.1) is 0 Å². The molecule has 228 valence electrons. The van der Waals surface area contributed by atoms with Crippen LogP contribution in [0.4, 0.5) is 0 Å². The highest BCUT2D eigenvalue weighted by Crippen LogP contribution is 2.68. The average molecular weight is 597 g/mol. The van der Waals surface area contributed by atoms with Crippen LogP contribution in [0.25, 0.3) is 0 Å². The van der Waals surface area contributed by atoms with Crippen LogP contribution in [0.15, 0.2) is 0 Å². The second kappa shape index (κ2) is 11.4. The minimum atomic E-state index is -4.68. The lowest BCUT2D eigenvalue weighted by Crippen LogP contribution is -2.62. The van der Waals surface area contributed by atoms with Crippen LogP contribution in [0.1, 0.15) is 91.9 Å². The predicted molar refractivity (Wildman–Crippen MR) is 144 cm³/mol. The zero-order valence-electron chi connectivity index (χ0n) is 23.6. The fourth-order valence-corrected chi connectivity index (χ4v) is 10.7. The van der Waals surface area contributed by atoms with Gasteiger partial charge in [-0.05, 0) is 104 Å². The number of aliphatic hydroxyl groups excluding tert-OH is 2. The molecule has 4 rings (SSSR count). The van der Waals surface area contributed by atoms with E-state index in [4.69, 9.17) is 8.37 Å². The Morgan fingerprint density at radius 1 is 0.872 bits per heavy atom. The van der Waals surface area contributed by atoms with Crippen molar-refractivity contribution >= 4 is 20.8 Å². The highest BCUT2D eigenvalue weighted by Gasteiger charge is 2.65. The Hall–Kier alpha value is -0.340. The van der Waals surface area contributed by atoms with Crippen LogP contribution in [0, 0.1) is 52.3 Å². The summed E-state index contributed by atoms with van der Waals surface area (Å²) < 4.78 is 73.8. The molecule has 0 heterocycles. The van der Waals surface area contributed by atoms with E-state index >= 15 is 0 Å². The Labute approximate surface area is 234 Å². The van der Waals surface area contributed by atoms with Gasteiger partial charge in [0.05, 0.1) is 18.8 Å². The van der Waals surface area contributed by atoms with Gasteiger partial charge in [-0.25, -0.2) is 8.37 Å². The molecule has 4 aliphatic rings. The first-order valence-corrected chi connectivity index (χ1v) is 17.3. The van der Waals surface area contributed by atoms with E-state index in [0.717, 1.165) is 38.5 Å². The van der Waals surface area contributed by atoms with Crippen LogP contribution in [0.5, 0.6) is 0 Å². The molecule has 0 unspecified atom stereocenters. The number of aliphatic hydroxyl groups is 2. The summed E-state index contributed by atoms with van der Waals surface area (Å²) in [7, 11) is -9.23. The molecule has 39 heavy (non-hydrogen) atoms. The average Bonchev–Trinajstić information content (AvgIpc) is 3.12. The molecule has 11 atom stereocenters. The van der Waals surface area contributed by atoms with Crippen molar-refractivity contribution in [1.82, 2.24) is 0 Å². The molecule has 0 aromatic heterocycles. The van der Waals surface area contributed by atoms with E-state index in [1.807, 2.05) is 0 Å². The van der Waals surface area contributed by atoms with E-state index in [1.165, 1.54) is 0 Å². The third-order valence-corrected chi connectivity index (χ3v) is 12.2. The molecule has 0 bridgehead atoms. The molecule has 4 fully saturated rings. The molecule has 4 saturated carbocycles. The lowest BCUT2D eigenvalue weighted by Gasteiger charge is -2.63. The smallest absolute Gasteiger partial charge is 0.393 e. The first-order valence-electron chi connectivity index (χ1n) is 14.6. The summed E-state index contributed by atoms with van der Waals surface area (Å²) in [6.07, 6.45) is 4.88. The molecule has 4 N–H and O–H groups in total. The second-order valence-electron chi connectivity index (χ2n) is 13.8. The minimum absolute atomic E-state index is 0.0498. The van der Waals surface area contributed by atoms with E-state index < -0.39 is 44.5 Å². The van der Waals surface area contributed by atoms with Crippen molar-refractivity contribution in [1.29, 1.82) is 0 Å². The summed E-state index contributed by atoms with van der Waals surface area (Å²) in [6, 6.07) is 0. The largest absolute Gasteiger partial charge is 0.397 e. The van der Waals surface area contributed by atoms with Gasteiger partial charge in [0.15, 0.2) is 0 Å². The fraction of sp³-hybridized carbons (Fsp3) is 1.00. The van der Waals surface area contributed by atoms with Crippen molar-refractivity contribution in [2.24, 2.45) is 52.3 Å². The van der Waals surface area contributed by atoms with Crippen molar-refractivity contribution in [2.75, 3.05) is 6.61 Å². The van der Waals surface area contributed by atoms with Gasteiger partial charge in [0.2, 0.25) is 0 Å². The topological polar surface area (TPSA) is 168 Å². The lowest BCUT2D eigenvalue weighted by molar-refractivity contribution is -0.205. The van der Waals surface area contributed by atoms with Gasteiger partial charge in [0.1, 0.15) is 6.10 Å². The molecular formula is C27H48O10S2. The van der Waals surface area contributed by atoms with Crippen molar-refractivity contribution < 1.29 is 44.5 Å². The molecule has 0 saturated heterocycles. The number of fused-ring (bicyclic) bond motifs is 5. The van der Waals surface area contributed by atoms with Gasteiger partial charge in [0, 0.05) is 0 Å². The van der Waals surface area contributed by atoms with Crippen LogP contribution < -0.4 is 0 Å². The monoisotopic (exact) mass is 596 g/mol. The third-order valence-electron chi connectivity index (χ3n) is 11.3. The summed E-state index contributed by atoms with van der Waals surface area (Å²) in [5, 5.41) is 22.9. The lowest BCUT2D eigenvalue weighted by atomic mass is 9.43. The molecule has 10 nitrogen and oxygen atoms in total. The summed E-state index contributed by atoms with van der Waals surface area (Å²) in [5.74, 6) is 0.894. The summed E-state index contributed by atoms with van der Waals surface area (Å²) in [5.41, 5.74) is -0.607. The number of hydrogen-bond donors (Lipinski definition) is 4. The highest BCUT2D eigenvalue weighted by atomic mass is 32.3. The van der Waals surface area contributed by atoms with Crippen molar-refractivity contribution in [3.8, 4) is 0 Å². The summed E-state index contributed by atoms with van der Waals surface area (Å²) in [6.45, 7) is 8.59. The number of hydrogen-bond acceptors (Lipinski definition) is 8. The Balaban J connectivity index is 1.55. The Morgan fingerprint density at radius 2 is 1.54 bits per heavy atom. The SMILES string of the molecule is CC(C)CCC[C@@H](COS(=O)(=O)O)[C@H]1CC[C@H]2[C@@H]3CC[C@@H]4[C@H](O)[C@H](OS(=O)(=O)O)CC[C@]4(C)[C@H]3[C@@H](O)C[C@]12C. The molecule has 12 heteroatoms. The van der Waals surface area contributed by atoms with Crippen molar-refractivity contribution in [2.45, 2.75) is 110 Å². The van der Waals surface area contributed by atoms with Gasteiger partial charge in [-0.2, -0.15) is 16.8 Å². The fourth-order valence-electron chi connectivity index (χ4n) is 9.86. The second-order valence-corrected chi connectivity index (χ2v) is 16.0. The summed E-state index contributed by atoms with van der Waals surface area (Å²) >= 11 is 0. The maximum Gasteiger partial charge on any atom is 0.397 e. The normalized spacial score (nSPS) is 43.5. The Kier molecular flexibility index (Phi) is 9.23. The maximum absolute atomic E-state index is 11.8. The quantitative estimate of drug-likeness (QED) is 0.270. The molecule has 0 amide bonds. The van der Waals surface area contributed by atoms with Gasteiger partial charge < -0.3 is 10.2 Å². The van der Waals surface area contributed by atoms with Crippen LogP contribution >= 0.6 is 0 Å². The predicted octanol–water partition coefficient (Wildman–Crippen LogP) is 4.04. The molecule has 0 aromatic rings. The number of rotatable bonds is 10. The highest BCUT2D eigenvalue weighted by molar-refractivity contribution is 7.81. The van der Waals surface area contributed by atoms with Gasteiger partial charge in [-0.1, -0.05) is 40.5 Å². The minimum Gasteiger partial charge on any atom is -0.393 e. The van der Waals surface area contributed by atoms with Crippen LogP contribution in [0.3, 0.4) is 0 Å². The van der Waals surface area contributed by atoms with E-state index in [0.29, 0.717) is 31.1 Å². The maximum atomic E-state index is 11.8. The van der Waals surface area contributed by atoms with Crippen LogP contribution in [0.2, 0.25) is 0 Å². The van der Waals surface area contributed by atoms with Crippen LogP contribution in [-0.2, 0) is 29.2 Å². The van der Waals surface area contributed by atoms with Crippen molar-refractivity contribution in [3.63, 3.8) is 0 Å². The van der Waals surface area contributed by atoms with Crippen molar-refractivity contribution in [3.05, 3.63) is 0 Å². The Bertz CT molecular complexity index is 1080. The third kappa shape index (κ3) is 6.53. The van der Waals surface area contributed by atoms with E-state index in [2.05, 4.69) is 27.7 Å². The summed E-state index contributed by atoms with van der Waals surface area (Å²) in [4.78, 5) is 0. The zero-order chi connectivity index (χ0) is 29.0. The van der Waals surface area contributed by atoms with E-state index in [9.17, 15) is 36.2 Å². The molecule has 0 aliphatic heterocycles. The first kappa shape index (κ1) is 31.6. The zero-order valence-corrected chi connectivity index (χ0v) is 25.2. The molecule has 4 aliphatic carbocycles. The van der Waals surface area contributed by atoms with E-state index in [-0.39, 0.29) is 48.0 Å². The van der Waals surface area contributed by atoms with Gasteiger partial charge in [-0.3, -0.25) is 9.11 Å². The standard InChI is InChI=1S/C27H48O10S2/c1-16(2)6-5-7-17(15-36-38(30,31)32)19-10-11-20-18-8-9-21-25(29)23(37-39(33,34)35)12-13-26(21,3)24(18)22(28)14-27(19,20)4/h16-25,28-29H,5-15H2,1-4H3,(H,30,31,32)(H,33,34,35)/t17-,18-,19+,20-,21+,22-,23+,24+,25-,26-,27+/m0/s1. The van der Waals surface area contributed by atoms with E-state index in [1.54, 1.807) is 0 Å². The molecule has 0 aromatic carbocycles. The van der Waals surface area contributed by atoms with Crippen LogP contribution in [-0.4, -0.2) is 61.1 Å². The molecular weight excluding hydrogens is 548 g/mol.